The van der Waals surface area contributed by atoms with Crippen LogP contribution in [0.1, 0.15) is 12.0 Å². The van der Waals surface area contributed by atoms with Crippen molar-refractivity contribution in [1.82, 2.24) is 0 Å². The van der Waals surface area contributed by atoms with Gasteiger partial charge >= 0.3 is 5.97 Å². The molecule has 0 heterocycles. The smallest absolute Gasteiger partial charge is 0.327 e. The molecule has 0 bridgehead atoms. The summed E-state index contributed by atoms with van der Waals surface area (Å²) in [6.45, 7) is 1.61. The Labute approximate surface area is 104 Å². The number of nitro benzene ring substituents is 1. The Balaban J connectivity index is 2.97. The molecule has 1 aromatic carbocycles. The fraction of sp³-hybridized carbons (Fsp3) is 0.250. The lowest BCUT2D eigenvalue weighted by molar-refractivity contribution is -0.385. The molecule has 0 saturated heterocycles. The number of nitrogens with one attached hydrogen (secondary N) is 1. The van der Waals surface area contributed by atoms with E-state index in [0.29, 0.717) is 11.3 Å². The van der Waals surface area contributed by atoms with Crippen molar-refractivity contribution in [3.8, 4) is 12.3 Å². The molecule has 0 aliphatic carbocycles. The van der Waals surface area contributed by atoms with Crippen LogP contribution in [-0.2, 0) is 4.79 Å². The number of nitro groups is 1. The Kier molecular flexibility index (Phi) is 4.27. The van der Waals surface area contributed by atoms with Crippen LogP contribution < -0.4 is 5.32 Å². The molecule has 0 spiro atoms. The first-order valence-electron chi connectivity index (χ1n) is 5.13. The average molecular weight is 248 g/mol. The number of carbonyl (C=O) groups is 1. The van der Waals surface area contributed by atoms with Crippen molar-refractivity contribution in [2.24, 2.45) is 0 Å². The highest BCUT2D eigenvalue weighted by Crippen LogP contribution is 2.23. The highest BCUT2D eigenvalue weighted by Gasteiger charge is 2.17. The molecule has 0 radical (unpaired) electrons. The van der Waals surface area contributed by atoms with Crippen molar-refractivity contribution < 1.29 is 14.8 Å². The normalized spacial score (nSPS) is 11.3. The van der Waals surface area contributed by atoms with Crippen LogP contribution in [0.5, 0.6) is 0 Å². The largest absolute Gasteiger partial charge is 0.480 e. The van der Waals surface area contributed by atoms with Gasteiger partial charge in [-0.05, 0) is 13.0 Å². The highest BCUT2D eigenvalue weighted by molar-refractivity contribution is 5.78. The minimum atomic E-state index is -1.10. The fourth-order valence-corrected chi connectivity index (χ4v) is 1.41. The maximum atomic E-state index is 10.9. The minimum Gasteiger partial charge on any atom is -0.480 e. The molecule has 6 heteroatoms. The molecule has 1 aromatic rings. The van der Waals surface area contributed by atoms with E-state index < -0.39 is 16.9 Å². The molecule has 6 nitrogen and oxygen atoms in total. The van der Waals surface area contributed by atoms with Crippen LogP contribution in [0, 0.1) is 29.4 Å². The lowest BCUT2D eigenvalue weighted by atomic mass is 10.1. The first kappa shape index (κ1) is 13.5. The van der Waals surface area contributed by atoms with E-state index in [0.717, 1.165) is 0 Å². The lowest BCUT2D eigenvalue weighted by Gasteiger charge is -2.13. The van der Waals surface area contributed by atoms with Crippen molar-refractivity contribution in [2.45, 2.75) is 19.4 Å². The van der Waals surface area contributed by atoms with E-state index in [-0.39, 0.29) is 12.1 Å². The monoisotopic (exact) mass is 248 g/mol. The van der Waals surface area contributed by atoms with Crippen LogP contribution in [0.3, 0.4) is 0 Å². The summed E-state index contributed by atoms with van der Waals surface area (Å²) in [5, 5.41) is 22.3. The number of aryl methyl sites for hydroxylation is 1. The third-order valence-electron chi connectivity index (χ3n) is 2.37. The van der Waals surface area contributed by atoms with E-state index >= 15 is 0 Å². The molecule has 1 atom stereocenters. The van der Waals surface area contributed by atoms with Crippen LogP contribution in [-0.4, -0.2) is 22.0 Å². The third-order valence-corrected chi connectivity index (χ3v) is 2.37. The molecule has 2 N–H and O–H groups in total. The fourth-order valence-electron chi connectivity index (χ4n) is 1.41. The summed E-state index contributed by atoms with van der Waals surface area (Å²) in [7, 11) is 0. The van der Waals surface area contributed by atoms with Crippen molar-refractivity contribution >= 4 is 17.3 Å². The molecule has 1 unspecified atom stereocenters. The van der Waals surface area contributed by atoms with E-state index in [2.05, 4.69) is 11.2 Å². The number of hydrogen-bond acceptors (Lipinski definition) is 4. The number of carboxylic acids is 1. The van der Waals surface area contributed by atoms with Gasteiger partial charge in [-0.3, -0.25) is 10.1 Å². The first-order valence-corrected chi connectivity index (χ1v) is 5.13. The molecule has 0 saturated carbocycles. The lowest BCUT2D eigenvalue weighted by Crippen LogP contribution is -2.28. The van der Waals surface area contributed by atoms with Crippen LogP contribution in [0.15, 0.2) is 18.2 Å². The second kappa shape index (κ2) is 5.68. The van der Waals surface area contributed by atoms with Crippen molar-refractivity contribution in [1.29, 1.82) is 0 Å². The Hall–Kier alpha value is -2.55. The standard InChI is InChI=1S/C12H12N2O4/c1-3-4-10(12(15)16)13-9-6-5-8(2)11(7-9)14(17)18/h1,5-7,10,13H,4H2,2H3,(H,15,16). The Morgan fingerprint density at radius 2 is 2.33 bits per heavy atom. The summed E-state index contributed by atoms with van der Waals surface area (Å²) in [4.78, 5) is 21.1. The zero-order chi connectivity index (χ0) is 13.7. The van der Waals surface area contributed by atoms with E-state index in [9.17, 15) is 14.9 Å². The maximum Gasteiger partial charge on any atom is 0.327 e. The summed E-state index contributed by atoms with van der Waals surface area (Å²) < 4.78 is 0. The number of nitrogens with zero attached hydrogens (tertiary/aromatic N) is 1. The van der Waals surface area contributed by atoms with Gasteiger partial charge < -0.3 is 10.4 Å². The van der Waals surface area contributed by atoms with E-state index in [1.165, 1.54) is 6.07 Å². The van der Waals surface area contributed by atoms with Gasteiger partial charge in [-0.1, -0.05) is 6.07 Å². The second-order valence-electron chi connectivity index (χ2n) is 3.70. The summed E-state index contributed by atoms with van der Waals surface area (Å²) in [6, 6.07) is 3.46. The molecule has 0 fully saturated rings. The van der Waals surface area contributed by atoms with E-state index in [1.54, 1.807) is 19.1 Å². The molecule has 94 valence electrons. The third kappa shape index (κ3) is 3.22. The molecule has 0 aliphatic heterocycles. The average Bonchev–Trinajstić information content (AvgIpc) is 2.30. The summed E-state index contributed by atoms with van der Waals surface area (Å²) in [5.41, 5.74) is 0.800. The summed E-state index contributed by atoms with van der Waals surface area (Å²) >= 11 is 0. The van der Waals surface area contributed by atoms with Gasteiger partial charge in [0.2, 0.25) is 0 Å². The number of anilines is 1. The topological polar surface area (TPSA) is 92.5 Å². The van der Waals surface area contributed by atoms with Crippen LogP contribution in [0.4, 0.5) is 11.4 Å². The van der Waals surface area contributed by atoms with Crippen molar-refractivity contribution in [3.63, 3.8) is 0 Å². The van der Waals surface area contributed by atoms with E-state index in [1.807, 2.05) is 0 Å². The van der Waals surface area contributed by atoms with E-state index in [4.69, 9.17) is 11.5 Å². The SMILES string of the molecule is C#CCC(Nc1ccc(C)c([N+](=O)[O-])c1)C(=O)O. The number of benzene rings is 1. The Bertz CT molecular complexity index is 519. The van der Waals surface area contributed by atoms with Crippen LogP contribution >= 0.6 is 0 Å². The molecule has 0 amide bonds. The number of terminal acetylenes is 1. The van der Waals surface area contributed by atoms with Gasteiger partial charge in [-0.15, -0.1) is 12.3 Å². The number of hydrogen-bond donors (Lipinski definition) is 2. The van der Waals surface area contributed by atoms with Crippen LogP contribution in [0.2, 0.25) is 0 Å². The van der Waals surface area contributed by atoms with Gasteiger partial charge in [0.1, 0.15) is 6.04 Å². The molecular formula is C12H12N2O4. The number of carboxylic acid groups (broad SMARTS) is 1. The predicted octanol–water partition coefficient (Wildman–Crippen LogP) is 1.79. The molecule has 1 rings (SSSR count). The van der Waals surface area contributed by atoms with Crippen molar-refractivity contribution in [2.75, 3.05) is 5.32 Å². The first-order chi connectivity index (χ1) is 8.45. The summed E-state index contributed by atoms with van der Waals surface area (Å²) in [6.07, 6.45) is 5.06. The predicted molar refractivity (Wildman–Crippen MR) is 66.3 cm³/mol. The minimum absolute atomic E-state index is 0.00297. The molecule has 0 aromatic heterocycles. The second-order valence-corrected chi connectivity index (χ2v) is 3.70. The number of rotatable bonds is 5. The van der Waals surface area contributed by atoms with Gasteiger partial charge in [-0.2, -0.15) is 0 Å². The van der Waals surface area contributed by atoms with Crippen LogP contribution in [0.25, 0.3) is 0 Å². The number of aliphatic carboxylic acids is 1. The summed E-state index contributed by atoms with van der Waals surface area (Å²) in [5.74, 6) is 1.14. The Morgan fingerprint density at radius 3 is 2.83 bits per heavy atom. The van der Waals surface area contributed by atoms with Crippen molar-refractivity contribution in [3.05, 3.63) is 33.9 Å². The van der Waals surface area contributed by atoms with Gasteiger partial charge in [0.25, 0.3) is 5.69 Å². The van der Waals surface area contributed by atoms with Gasteiger partial charge in [0.05, 0.1) is 4.92 Å². The molecule has 0 aliphatic rings. The van der Waals surface area contributed by atoms with Gasteiger partial charge in [0.15, 0.2) is 0 Å². The molecule has 18 heavy (non-hydrogen) atoms. The van der Waals surface area contributed by atoms with Gasteiger partial charge in [0, 0.05) is 23.7 Å². The highest BCUT2D eigenvalue weighted by atomic mass is 16.6. The Morgan fingerprint density at radius 1 is 1.67 bits per heavy atom. The zero-order valence-corrected chi connectivity index (χ0v) is 9.71. The maximum absolute atomic E-state index is 10.9. The van der Waals surface area contributed by atoms with Gasteiger partial charge in [-0.25, -0.2) is 4.79 Å². The zero-order valence-electron chi connectivity index (χ0n) is 9.71. The quantitative estimate of drug-likeness (QED) is 0.471. The molecular weight excluding hydrogens is 236 g/mol.